The van der Waals surface area contributed by atoms with Crippen molar-refractivity contribution in [2.75, 3.05) is 32.7 Å². The number of hydrogen-bond donors (Lipinski definition) is 0. The van der Waals surface area contributed by atoms with Crippen molar-refractivity contribution in [1.82, 2.24) is 9.21 Å². The molecule has 0 N–H and O–H groups in total. The number of benzene rings is 1. The van der Waals surface area contributed by atoms with E-state index in [9.17, 15) is 13.2 Å². The molecule has 6 heteroatoms. The summed E-state index contributed by atoms with van der Waals surface area (Å²) in [5, 5.41) is 0. The molecule has 1 aromatic carbocycles. The van der Waals surface area contributed by atoms with Crippen LogP contribution < -0.4 is 0 Å². The van der Waals surface area contributed by atoms with E-state index < -0.39 is 10.0 Å². The zero-order valence-electron chi connectivity index (χ0n) is 15.1. The van der Waals surface area contributed by atoms with Crippen LogP contribution in [0.15, 0.2) is 29.2 Å². The smallest absolute Gasteiger partial charge is 0.243 e. The van der Waals surface area contributed by atoms with E-state index in [1.165, 1.54) is 0 Å². The zero-order chi connectivity index (χ0) is 18.0. The molecule has 0 radical (unpaired) electrons. The maximum Gasteiger partial charge on any atom is 0.243 e. The van der Waals surface area contributed by atoms with Crippen molar-refractivity contribution in [2.45, 2.75) is 44.4 Å². The van der Waals surface area contributed by atoms with Crippen molar-refractivity contribution in [3.8, 4) is 0 Å². The Morgan fingerprint density at radius 3 is 2.04 bits per heavy atom. The highest BCUT2D eigenvalue weighted by Crippen LogP contribution is 2.25. The van der Waals surface area contributed by atoms with Crippen molar-refractivity contribution >= 4 is 15.8 Å². The van der Waals surface area contributed by atoms with Crippen molar-refractivity contribution in [3.63, 3.8) is 0 Å². The van der Waals surface area contributed by atoms with Crippen LogP contribution in [-0.4, -0.2) is 56.1 Å². The highest BCUT2D eigenvalue weighted by atomic mass is 32.2. The van der Waals surface area contributed by atoms with Gasteiger partial charge in [0.15, 0.2) is 0 Å². The fourth-order valence-electron chi connectivity index (χ4n) is 2.79. The molecule has 134 valence electrons. The van der Waals surface area contributed by atoms with E-state index in [4.69, 9.17) is 0 Å². The number of carbonyl (C=O) groups excluding carboxylic acids is 1. The maximum absolute atomic E-state index is 12.8. The maximum atomic E-state index is 12.8. The van der Waals surface area contributed by atoms with Crippen LogP contribution in [0.5, 0.6) is 0 Å². The van der Waals surface area contributed by atoms with Crippen LogP contribution in [0.4, 0.5) is 0 Å². The monoisotopic (exact) mass is 352 g/mol. The third-order valence-corrected chi connectivity index (χ3v) is 6.38. The molecule has 1 saturated heterocycles. The minimum atomic E-state index is -3.44. The van der Waals surface area contributed by atoms with Crippen molar-refractivity contribution in [1.29, 1.82) is 0 Å². The molecular formula is C18H28N2O3S. The molecule has 0 aliphatic carbocycles. The molecule has 0 saturated carbocycles. The van der Waals surface area contributed by atoms with Gasteiger partial charge >= 0.3 is 0 Å². The quantitative estimate of drug-likeness (QED) is 0.816. The highest BCUT2D eigenvalue weighted by Gasteiger charge is 2.28. The van der Waals surface area contributed by atoms with Crippen LogP contribution in [0, 0.1) is 0 Å². The Labute approximate surface area is 145 Å². The molecule has 24 heavy (non-hydrogen) atoms. The van der Waals surface area contributed by atoms with E-state index in [2.05, 4.69) is 25.7 Å². The second-order valence-corrected chi connectivity index (χ2v) is 9.41. The van der Waals surface area contributed by atoms with E-state index in [-0.39, 0.29) is 11.2 Å². The molecule has 0 amide bonds. The van der Waals surface area contributed by atoms with Crippen LogP contribution in [0.2, 0.25) is 0 Å². The highest BCUT2D eigenvalue weighted by molar-refractivity contribution is 7.89. The van der Waals surface area contributed by atoms with Crippen molar-refractivity contribution < 1.29 is 13.2 Å². The van der Waals surface area contributed by atoms with Gasteiger partial charge in [0.1, 0.15) is 5.78 Å². The SMILES string of the molecule is CC(=O)CCN1CCN(S(=O)(=O)c2ccc(C(C)(C)C)cc2)CC1. The molecule has 1 aliphatic rings. The third-order valence-electron chi connectivity index (χ3n) is 4.47. The second kappa shape index (κ2) is 7.33. The Kier molecular flexibility index (Phi) is 5.83. The van der Waals surface area contributed by atoms with E-state index in [1.807, 2.05) is 12.1 Å². The summed E-state index contributed by atoms with van der Waals surface area (Å²) in [7, 11) is -3.44. The lowest BCUT2D eigenvalue weighted by atomic mass is 9.87. The number of piperazine rings is 1. The fraction of sp³-hybridized carbons (Fsp3) is 0.611. The standard InChI is InChI=1S/C18H28N2O3S/c1-15(21)9-10-19-11-13-20(14-12-19)24(22,23)17-7-5-16(6-8-17)18(2,3)4/h5-8H,9-14H2,1-4H3. The summed E-state index contributed by atoms with van der Waals surface area (Å²) in [6, 6.07) is 7.21. The van der Waals surface area contributed by atoms with Gasteiger partial charge in [-0.25, -0.2) is 8.42 Å². The number of ketones is 1. The van der Waals surface area contributed by atoms with Gasteiger partial charge in [-0.2, -0.15) is 4.31 Å². The van der Waals surface area contributed by atoms with Gasteiger partial charge in [-0.05, 0) is 30.0 Å². The predicted octanol–water partition coefficient (Wildman–Crippen LogP) is 2.27. The first kappa shape index (κ1) is 19.1. The molecule has 0 spiro atoms. The number of Topliss-reactive ketones (excluding diaryl/α,β-unsaturated/α-hetero) is 1. The first-order valence-electron chi connectivity index (χ1n) is 8.43. The Bertz CT molecular complexity index is 667. The van der Waals surface area contributed by atoms with Crippen molar-refractivity contribution in [2.24, 2.45) is 0 Å². The minimum Gasteiger partial charge on any atom is -0.300 e. The van der Waals surface area contributed by atoms with Crippen LogP contribution in [-0.2, 0) is 20.2 Å². The Morgan fingerprint density at radius 1 is 1.04 bits per heavy atom. The largest absolute Gasteiger partial charge is 0.300 e. The number of rotatable bonds is 5. The average Bonchev–Trinajstić information content (AvgIpc) is 2.52. The molecule has 0 unspecified atom stereocenters. The van der Waals surface area contributed by atoms with Gasteiger partial charge in [0.25, 0.3) is 0 Å². The predicted molar refractivity (Wildman–Crippen MR) is 95.6 cm³/mol. The van der Waals surface area contributed by atoms with E-state index in [0.29, 0.717) is 44.0 Å². The van der Waals surface area contributed by atoms with Gasteiger partial charge in [-0.3, -0.25) is 4.79 Å². The molecule has 0 bridgehead atoms. The summed E-state index contributed by atoms with van der Waals surface area (Å²) in [6.07, 6.45) is 0.529. The Balaban J connectivity index is 2.02. The van der Waals surface area contributed by atoms with Crippen molar-refractivity contribution in [3.05, 3.63) is 29.8 Å². The summed E-state index contributed by atoms with van der Waals surface area (Å²) in [5.41, 5.74) is 1.13. The molecule has 1 aliphatic heterocycles. The zero-order valence-corrected chi connectivity index (χ0v) is 15.9. The van der Waals surface area contributed by atoms with Crippen LogP contribution >= 0.6 is 0 Å². The molecular weight excluding hydrogens is 324 g/mol. The van der Waals surface area contributed by atoms with E-state index in [1.54, 1.807) is 23.4 Å². The number of carbonyl (C=O) groups is 1. The normalized spacial score (nSPS) is 17.8. The lowest BCUT2D eigenvalue weighted by Gasteiger charge is -2.33. The fourth-order valence-corrected chi connectivity index (χ4v) is 4.21. The summed E-state index contributed by atoms with van der Waals surface area (Å²) < 4.78 is 27.1. The Hall–Kier alpha value is -1.24. The average molecular weight is 353 g/mol. The molecule has 1 fully saturated rings. The summed E-state index contributed by atoms with van der Waals surface area (Å²) in [6.45, 7) is 10.9. The van der Waals surface area contributed by atoms with Gasteiger partial charge in [0, 0.05) is 39.1 Å². The first-order chi connectivity index (χ1) is 11.1. The molecule has 2 rings (SSSR count). The second-order valence-electron chi connectivity index (χ2n) is 7.47. The Morgan fingerprint density at radius 2 is 1.58 bits per heavy atom. The topological polar surface area (TPSA) is 57.7 Å². The molecule has 1 aromatic rings. The van der Waals surface area contributed by atoms with Gasteiger partial charge in [-0.15, -0.1) is 0 Å². The molecule has 1 heterocycles. The van der Waals surface area contributed by atoms with E-state index in [0.717, 1.165) is 5.56 Å². The summed E-state index contributed by atoms with van der Waals surface area (Å²) in [5.74, 6) is 0.170. The molecule has 0 aromatic heterocycles. The van der Waals surface area contributed by atoms with Gasteiger partial charge in [-0.1, -0.05) is 32.9 Å². The number of sulfonamides is 1. The van der Waals surface area contributed by atoms with Crippen LogP contribution in [0.25, 0.3) is 0 Å². The van der Waals surface area contributed by atoms with Gasteiger partial charge in [0.2, 0.25) is 10.0 Å². The van der Waals surface area contributed by atoms with Crippen LogP contribution in [0.1, 0.15) is 39.7 Å². The molecule has 0 atom stereocenters. The molecule has 5 nitrogen and oxygen atoms in total. The lowest BCUT2D eigenvalue weighted by molar-refractivity contribution is -0.117. The lowest BCUT2D eigenvalue weighted by Crippen LogP contribution is -2.48. The van der Waals surface area contributed by atoms with Gasteiger partial charge in [0.05, 0.1) is 4.90 Å². The summed E-state index contributed by atoms with van der Waals surface area (Å²) >= 11 is 0. The van der Waals surface area contributed by atoms with Gasteiger partial charge < -0.3 is 4.90 Å². The number of nitrogens with zero attached hydrogens (tertiary/aromatic N) is 2. The van der Waals surface area contributed by atoms with E-state index >= 15 is 0 Å². The minimum absolute atomic E-state index is 0.00459. The summed E-state index contributed by atoms with van der Waals surface area (Å²) in [4.78, 5) is 13.6. The number of hydrogen-bond acceptors (Lipinski definition) is 4. The third kappa shape index (κ3) is 4.65. The van der Waals surface area contributed by atoms with Crippen LogP contribution in [0.3, 0.4) is 0 Å². The first-order valence-corrected chi connectivity index (χ1v) is 9.87.